The van der Waals surface area contributed by atoms with Crippen LogP contribution in [0.2, 0.25) is 0 Å². The van der Waals surface area contributed by atoms with Gasteiger partial charge in [0.25, 0.3) is 0 Å². The van der Waals surface area contributed by atoms with E-state index in [0.29, 0.717) is 12.5 Å². The first-order valence-corrected chi connectivity index (χ1v) is 6.21. The summed E-state index contributed by atoms with van der Waals surface area (Å²) in [5.74, 6) is -1.24. The third-order valence-corrected chi connectivity index (χ3v) is 3.56. The summed E-state index contributed by atoms with van der Waals surface area (Å²) in [6.07, 6.45) is -3.26. The lowest BCUT2D eigenvalue weighted by Crippen LogP contribution is -2.47. The van der Waals surface area contributed by atoms with Crippen molar-refractivity contribution in [2.45, 2.75) is 39.3 Å². The van der Waals surface area contributed by atoms with Crippen LogP contribution >= 0.6 is 0 Å². The first-order valence-electron chi connectivity index (χ1n) is 6.21. The zero-order chi connectivity index (χ0) is 14.0. The summed E-state index contributed by atoms with van der Waals surface area (Å²) < 4.78 is 38.6. The van der Waals surface area contributed by atoms with Crippen LogP contribution in [0.5, 0.6) is 0 Å². The molecule has 1 saturated heterocycles. The van der Waals surface area contributed by atoms with E-state index in [2.05, 4.69) is 13.8 Å². The molecule has 0 aromatic heterocycles. The number of nitrogens with zero attached hydrogens (tertiary/aromatic N) is 1. The van der Waals surface area contributed by atoms with Crippen LogP contribution in [0.15, 0.2) is 0 Å². The van der Waals surface area contributed by atoms with E-state index >= 15 is 0 Å². The Labute approximate surface area is 105 Å². The Kier molecular flexibility index (Phi) is 4.64. The van der Waals surface area contributed by atoms with Crippen molar-refractivity contribution in [2.24, 2.45) is 11.3 Å². The summed E-state index contributed by atoms with van der Waals surface area (Å²) in [6.45, 7) is 4.46. The number of halogens is 3. The largest absolute Gasteiger partial charge is 0.481 e. The summed E-state index contributed by atoms with van der Waals surface area (Å²) in [7, 11) is 0. The van der Waals surface area contributed by atoms with Gasteiger partial charge < -0.3 is 10.0 Å². The van der Waals surface area contributed by atoms with Gasteiger partial charge in [-0.15, -0.1) is 0 Å². The maximum atomic E-state index is 12.9. The third-order valence-electron chi connectivity index (χ3n) is 3.56. The van der Waals surface area contributed by atoms with Crippen molar-refractivity contribution in [1.82, 2.24) is 4.90 Å². The molecule has 0 aliphatic carbocycles. The lowest BCUT2D eigenvalue weighted by molar-refractivity contribution is -0.227. The summed E-state index contributed by atoms with van der Waals surface area (Å²) in [4.78, 5) is 12.6. The number of hydrogen-bond acceptors (Lipinski definition) is 2. The fourth-order valence-electron chi connectivity index (χ4n) is 2.33. The van der Waals surface area contributed by atoms with E-state index in [9.17, 15) is 18.0 Å². The fraction of sp³-hybridized carbons (Fsp3) is 0.917. The van der Waals surface area contributed by atoms with Crippen LogP contribution in [0.4, 0.5) is 13.2 Å². The van der Waals surface area contributed by atoms with E-state index < -0.39 is 24.1 Å². The predicted molar refractivity (Wildman–Crippen MR) is 61.3 cm³/mol. The Balaban J connectivity index is 2.59. The van der Waals surface area contributed by atoms with E-state index in [1.54, 1.807) is 4.90 Å². The average Bonchev–Trinajstić information content (AvgIpc) is 2.61. The van der Waals surface area contributed by atoms with Gasteiger partial charge in [-0.25, -0.2) is 0 Å². The lowest BCUT2D eigenvalue weighted by atomic mass is 9.86. The minimum Gasteiger partial charge on any atom is -0.481 e. The van der Waals surface area contributed by atoms with Crippen LogP contribution in [0.25, 0.3) is 0 Å². The number of aliphatic carboxylic acids is 1. The normalized spacial score (nSPS) is 25.9. The van der Waals surface area contributed by atoms with Crippen LogP contribution < -0.4 is 0 Å². The van der Waals surface area contributed by atoms with E-state index in [4.69, 9.17) is 5.11 Å². The average molecular weight is 267 g/mol. The molecule has 3 nitrogen and oxygen atoms in total. The minimum absolute atomic E-state index is 0.212. The first kappa shape index (κ1) is 15.3. The zero-order valence-corrected chi connectivity index (χ0v) is 10.8. The number of rotatable bonds is 5. The molecule has 1 fully saturated rings. The Morgan fingerprint density at radius 2 is 2.06 bits per heavy atom. The Hall–Kier alpha value is -0.780. The van der Waals surface area contributed by atoms with Gasteiger partial charge in [0.1, 0.15) is 0 Å². The minimum atomic E-state index is -4.67. The SMILES string of the molecule is CC(C)CCCN1CCC(C(=O)O)(C(F)(F)F)C1. The third kappa shape index (κ3) is 3.16. The maximum absolute atomic E-state index is 12.9. The highest BCUT2D eigenvalue weighted by atomic mass is 19.4. The molecule has 0 aromatic rings. The van der Waals surface area contributed by atoms with Crippen LogP contribution in [0.1, 0.15) is 33.1 Å². The highest BCUT2D eigenvalue weighted by molar-refractivity contribution is 5.76. The molecule has 6 heteroatoms. The van der Waals surface area contributed by atoms with Gasteiger partial charge in [-0.1, -0.05) is 13.8 Å². The van der Waals surface area contributed by atoms with Crippen molar-refractivity contribution in [3.63, 3.8) is 0 Å². The molecule has 1 heterocycles. The highest BCUT2D eigenvalue weighted by Crippen LogP contribution is 2.45. The van der Waals surface area contributed by atoms with Crippen molar-refractivity contribution in [3.8, 4) is 0 Å². The molecule has 0 bridgehead atoms. The van der Waals surface area contributed by atoms with Gasteiger partial charge in [0.05, 0.1) is 0 Å². The van der Waals surface area contributed by atoms with Crippen LogP contribution in [-0.4, -0.2) is 41.8 Å². The Morgan fingerprint density at radius 3 is 2.44 bits per heavy atom. The molecule has 0 aromatic carbocycles. The molecule has 106 valence electrons. The van der Waals surface area contributed by atoms with Crippen LogP contribution in [0.3, 0.4) is 0 Å². The van der Waals surface area contributed by atoms with E-state index in [0.717, 1.165) is 12.8 Å². The van der Waals surface area contributed by atoms with Crippen LogP contribution in [0, 0.1) is 11.3 Å². The molecule has 1 aliphatic heterocycles. The second-order valence-electron chi connectivity index (χ2n) is 5.45. The van der Waals surface area contributed by atoms with Crippen molar-refractivity contribution >= 4 is 5.97 Å². The molecule has 1 rings (SSSR count). The van der Waals surface area contributed by atoms with Gasteiger partial charge in [-0.2, -0.15) is 13.2 Å². The summed E-state index contributed by atoms with van der Waals surface area (Å²) in [5.41, 5.74) is -2.56. The summed E-state index contributed by atoms with van der Waals surface area (Å²) in [5, 5.41) is 8.88. The molecule has 1 unspecified atom stereocenters. The molecule has 0 spiro atoms. The van der Waals surface area contributed by atoms with Crippen molar-refractivity contribution in [3.05, 3.63) is 0 Å². The monoisotopic (exact) mass is 267 g/mol. The molecule has 1 atom stereocenters. The second-order valence-corrected chi connectivity index (χ2v) is 5.45. The zero-order valence-electron chi connectivity index (χ0n) is 10.8. The maximum Gasteiger partial charge on any atom is 0.406 e. The van der Waals surface area contributed by atoms with Gasteiger partial charge in [0, 0.05) is 6.54 Å². The van der Waals surface area contributed by atoms with Gasteiger partial charge in [-0.05, 0) is 38.3 Å². The number of carboxylic acids is 1. The number of hydrogen-bond donors (Lipinski definition) is 1. The molecule has 0 amide bonds. The molecule has 0 radical (unpaired) electrons. The van der Waals surface area contributed by atoms with Gasteiger partial charge >= 0.3 is 12.1 Å². The number of carboxylic acid groups (broad SMARTS) is 1. The molecule has 18 heavy (non-hydrogen) atoms. The highest BCUT2D eigenvalue weighted by Gasteiger charge is 2.63. The molecular formula is C12H20F3NO2. The van der Waals surface area contributed by atoms with Crippen molar-refractivity contribution < 1.29 is 23.1 Å². The molecule has 1 aliphatic rings. The van der Waals surface area contributed by atoms with Gasteiger partial charge in [0.15, 0.2) is 5.41 Å². The smallest absolute Gasteiger partial charge is 0.406 e. The molecular weight excluding hydrogens is 247 g/mol. The van der Waals surface area contributed by atoms with Crippen molar-refractivity contribution in [1.29, 1.82) is 0 Å². The number of carbonyl (C=O) groups is 1. The second kappa shape index (κ2) is 5.47. The van der Waals surface area contributed by atoms with Gasteiger partial charge in [0.2, 0.25) is 0 Å². The van der Waals surface area contributed by atoms with E-state index in [1.165, 1.54) is 0 Å². The molecule has 1 N–H and O–H groups in total. The summed E-state index contributed by atoms with van der Waals surface area (Å²) in [6, 6.07) is 0. The summed E-state index contributed by atoms with van der Waals surface area (Å²) >= 11 is 0. The quantitative estimate of drug-likeness (QED) is 0.832. The fourth-order valence-corrected chi connectivity index (χ4v) is 2.33. The topological polar surface area (TPSA) is 40.5 Å². The number of alkyl halides is 3. The predicted octanol–water partition coefficient (Wildman–Crippen LogP) is 2.76. The van der Waals surface area contributed by atoms with E-state index in [-0.39, 0.29) is 13.0 Å². The first-order chi connectivity index (χ1) is 8.19. The number of likely N-dealkylation sites (tertiary alicyclic amines) is 1. The molecule has 0 saturated carbocycles. The van der Waals surface area contributed by atoms with Crippen molar-refractivity contribution in [2.75, 3.05) is 19.6 Å². The van der Waals surface area contributed by atoms with Gasteiger partial charge in [-0.3, -0.25) is 4.79 Å². The Morgan fingerprint density at radius 1 is 1.44 bits per heavy atom. The van der Waals surface area contributed by atoms with E-state index in [1.807, 2.05) is 0 Å². The van der Waals surface area contributed by atoms with Crippen LogP contribution in [-0.2, 0) is 4.79 Å². The Bertz CT molecular complexity index is 304. The lowest BCUT2D eigenvalue weighted by Gasteiger charge is -2.27. The standard InChI is InChI=1S/C12H20F3NO2/c1-9(2)4-3-6-16-7-5-11(8-16,10(17)18)12(13,14)15/h9H,3-8H2,1-2H3,(H,17,18).